The van der Waals surface area contributed by atoms with Crippen LogP contribution >= 0.6 is 0 Å². The SMILES string of the molecule is CC1CCC(CN=C(NN)NC2CC2)CC1. The Morgan fingerprint density at radius 2 is 1.88 bits per heavy atom. The first-order valence-electron chi connectivity index (χ1n) is 6.55. The number of aliphatic imine (C=N–C) groups is 1. The Hall–Kier alpha value is -0.770. The van der Waals surface area contributed by atoms with Gasteiger partial charge in [-0.2, -0.15) is 0 Å². The van der Waals surface area contributed by atoms with Gasteiger partial charge >= 0.3 is 0 Å². The minimum Gasteiger partial charge on any atom is -0.353 e. The highest BCUT2D eigenvalue weighted by Gasteiger charge is 2.22. The summed E-state index contributed by atoms with van der Waals surface area (Å²) in [7, 11) is 0. The second kappa shape index (κ2) is 5.53. The van der Waals surface area contributed by atoms with E-state index in [4.69, 9.17) is 5.84 Å². The van der Waals surface area contributed by atoms with E-state index in [-0.39, 0.29) is 0 Å². The van der Waals surface area contributed by atoms with E-state index in [9.17, 15) is 0 Å². The molecule has 0 aromatic rings. The Bertz CT molecular complexity index is 239. The molecule has 92 valence electrons. The monoisotopic (exact) mass is 224 g/mol. The van der Waals surface area contributed by atoms with E-state index in [1.165, 1.54) is 38.5 Å². The third kappa shape index (κ3) is 3.67. The topological polar surface area (TPSA) is 62.4 Å². The van der Waals surface area contributed by atoms with Crippen molar-refractivity contribution in [2.45, 2.75) is 51.5 Å². The van der Waals surface area contributed by atoms with Gasteiger partial charge in [-0.05, 0) is 37.5 Å². The molecule has 2 saturated carbocycles. The molecular weight excluding hydrogens is 200 g/mol. The third-order valence-corrected chi connectivity index (χ3v) is 3.70. The van der Waals surface area contributed by atoms with Crippen molar-refractivity contribution < 1.29 is 0 Å². The molecule has 0 atom stereocenters. The van der Waals surface area contributed by atoms with Crippen molar-refractivity contribution in [2.75, 3.05) is 6.54 Å². The third-order valence-electron chi connectivity index (χ3n) is 3.70. The summed E-state index contributed by atoms with van der Waals surface area (Å²) in [5, 5.41) is 3.30. The fourth-order valence-electron chi connectivity index (χ4n) is 2.29. The van der Waals surface area contributed by atoms with Crippen LogP contribution in [-0.2, 0) is 0 Å². The van der Waals surface area contributed by atoms with Crippen LogP contribution in [-0.4, -0.2) is 18.5 Å². The number of hydrazine groups is 1. The van der Waals surface area contributed by atoms with Gasteiger partial charge in [-0.25, -0.2) is 5.84 Å². The average molecular weight is 224 g/mol. The van der Waals surface area contributed by atoms with Crippen LogP contribution in [0.15, 0.2) is 4.99 Å². The smallest absolute Gasteiger partial charge is 0.205 e. The molecule has 2 rings (SSSR count). The predicted octanol–water partition coefficient (Wildman–Crippen LogP) is 1.38. The zero-order valence-electron chi connectivity index (χ0n) is 10.2. The molecule has 2 aliphatic carbocycles. The zero-order valence-corrected chi connectivity index (χ0v) is 10.2. The van der Waals surface area contributed by atoms with E-state index < -0.39 is 0 Å². The number of nitrogens with two attached hydrogens (primary N) is 1. The summed E-state index contributed by atoms with van der Waals surface area (Å²) in [6.07, 6.45) is 7.88. The predicted molar refractivity (Wildman–Crippen MR) is 66.9 cm³/mol. The number of hydrogen-bond donors (Lipinski definition) is 3. The van der Waals surface area contributed by atoms with Crippen LogP contribution in [0.4, 0.5) is 0 Å². The first-order chi connectivity index (χ1) is 7.78. The van der Waals surface area contributed by atoms with E-state index in [1.54, 1.807) is 0 Å². The standard InChI is InChI=1S/C12H24N4/c1-9-2-4-10(5-3-9)8-14-12(16-13)15-11-6-7-11/h9-11H,2-8,13H2,1H3,(H2,14,15,16). The molecule has 0 aliphatic heterocycles. The first-order valence-corrected chi connectivity index (χ1v) is 6.55. The highest BCUT2D eigenvalue weighted by Crippen LogP contribution is 2.28. The molecule has 0 bridgehead atoms. The van der Waals surface area contributed by atoms with Crippen LogP contribution in [0.1, 0.15) is 45.4 Å². The normalized spacial score (nSPS) is 31.2. The molecule has 2 fully saturated rings. The zero-order chi connectivity index (χ0) is 11.4. The fourth-order valence-corrected chi connectivity index (χ4v) is 2.29. The average Bonchev–Trinajstić information content (AvgIpc) is 3.10. The molecule has 0 unspecified atom stereocenters. The summed E-state index contributed by atoms with van der Waals surface area (Å²) in [6, 6.07) is 0.612. The molecule has 0 saturated heterocycles. The van der Waals surface area contributed by atoms with Crippen LogP contribution in [0.25, 0.3) is 0 Å². The molecule has 0 aromatic heterocycles. The fraction of sp³-hybridized carbons (Fsp3) is 0.917. The molecule has 0 aromatic carbocycles. The molecule has 4 nitrogen and oxygen atoms in total. The Morgan fingerprint density at radius 1 is 1.19 bits per heavy atom. The van der Waals surface area contributed by atoms with E-state index in [0.29, 0.717) is 6.04 Å². The van der Waals surface area contributed by atoms with Gasteiger partial charge in [-0.3, -0.25) is 10.4 Å². The molecule has 0 radical (unpaired) electrons. The van der Waals surface area contributed by atoms with Gasteiger partial charge in [0.25, 0.3) is 0 Å². The van der Waals surface area contributed by atoms with E-state index in [0.717, 1.165) is 24.3 Å². The van der Waals surface area contributed by atoms with Gasteiger partial charge in [0, 0.05) is 12.6 Å². The Balaban J connectivity index is 1.72. The highest BCUT2D eigenvalue weighted by molar-refractivity contribution is 5.79. The Labute approximate surface area is 98.0 Å². The maximum atomic E-state index is 5.44. The maximum absolute atomic E-state index is 5.44. The number of nitrogens with one attached hydrogen (secondary N) is 2. The van der Waals surface area contributed by atoms with Crippen LogP contribution in [0.2, 0.25) is 0 Å². The summed E-state index contributed by atoms with van der Waals surface area (Å²) in [5.74, 6) is 7.90. The molecule has 0 amide bonds. The molecular formula is C12H24N4. The van der Waals surface area contributed by atoms with Gasteiger partial charge in [-0.1, -0.05) is 19.8 Å². The summed E-state index contributed by atoms with van der Waals surface area (Å²) in [4.78, 5) is 4.54. The van der Waals surface area contributed by atoms with Gasteiger partial charge in [0.1, 0.15) is 0 Å². The molecule has 16 heavy (non-hydrogen) atoms. The van der Waals surface area contributed by atoms with Crippen LogP contribution in [0, 0.1) is 11.8 Å². The lowest BCUT2D eigenvalue weighted by molar-refractivity contribution is 0.296. The number of guanidine groups is 1. The summed E-state index contributed by atoms with van der Waals surface area (Å²) in [5.41, 5.74) is 2.66. The largest absolute Gasteiger partial charge is 0.353 e. The van der Waals surface area contributed by atoms with Crippen LogP contribution in [0.3, 0.4) is 0 Å². The van der Waals surface area contributed by atoms with Crippen LogP contribution in [0.5, 0.6) is 0 Å². The minimum atomic E-state index is 0.612. The molecule has 0 spiro atoms. The summed E-state index contributed by atoms with van der Waals surface area (Å²) >= 11 is 0. The van der Waals surface area contributed by atoms with Gasteiger partial charge in [0.15, 0.2) is 0 Å². The number of rotatable bonds is 3. The summed E-state index contributed by atoms with van der Waals surface area (Å²) < 4.78 is 0. The molecule has 0 heterocycles. The number of nitrogens with zero attached hydrogens (tertiary/aromatic N) is 1. The van der Waals surface area contributed by atoms with E-state index >= 15 is 0 Å². The minimum absolute atomic E-state index is 0.612. The van der Waals surface area contributed by atoms with Crippen molar-refractivity contribution in [3.05, 3.63) is 0 Å². The van der Waals surface area contributed by atoms with Gasteiger partial charge in [0.05, 0.1) is 0 Å². The lowest BCUT2D eigenvalue weighted by Crippen LogP contribution is -2.43. The lowest BCUT2D eigenvalue weighted by Gasteiger charge is -2.24. The maximum Gasteiger partial charge on any atom is 0.205 e. The molecule has 4 N–H and O–H groups in total. The quantitative estimate of drug-likeness (QED) is 0.294. The molecule has 2 aliphatic rings. The molecule has 4 heteroatoms. The van der Waals surface area contributed by atoms with Crippen molar-refractivity contribution in [1.82, 2.24) is 10.7 Å². The van der Waals surface area contributed by atoms with Crippen molar-refractivity contribution >= 4 is 5.96 Å². The van der Waals surface area contributed by atoms with Crippen LogP contribution < -0.4 is 16.6 Å². The van der Waals surface area contributed by atoms with Gasteiger partial charge < -0.3 is 5.32 Å². The lowest BCUT2D eigenvalue weighted by atomic mass is 9.83. The second-order valence-corrected chi connectivity index (χ2v) is 5.38. The Morgan fingerprint density at radius 3 is 2.44 bits per heavy atom. The summed E-state index contributed by atoms with van der Waals surface area (Å²) in [6.45, 7) is 3.27. The van der Waals surface area contributed by atoms with Crippen molar-refractivity contribution in [3.8, 4) is 0 Å². The van der Waals surface area contributed by atoms with Gasteiger partial charge in [0.2, 0.25) is 5.96 Å². The first kappa shape index (κ1) is 11.7. The van der Waals surface area contributed by atoms with Crippen molar-refractivity contribution in [3.63, 3.8) is 0 Å². The van der Waals surface area contributed by atoms with E-state index in [2.05, 4.69) is 22.7 Å². The van der Waals surface area contributed by atoms with Crippen molar-refractivity contribution in [2.24, 2.45) is 22.7 Å². The highest BCUT2D eigenvalue weighted by atomic mass is 15.3. The Kier molecular flexibility index (Phi) is 4.04. The number of hydrogen-bond acceptors (Lipinski definition) is 2. The van der Waals surface area contributed by atoms with E-state index in [1.807, 2.05) is 0 Å². The second-order valence-electron chi connectivity index (χ2n) is 5.38. The van der Waals surface area contributed by atoms with Gasteiger partial charge in [-0.15, -0.1) is 0 Å². The van der Waals surface area contributed by atoms with Crippen molar-refractivity contribution in [1.29, 1.82) is 0 Å².